The van der Waals surface area contributed by atoms with E-state index < -0.39 is 11.9 Å². The maximum Gasteiger partial charge on any atom is 1.00 e. The van der Waals surface area contributed by atoms with Crippen LogP contribution in [-0.4, -0.2) is 108 Å². The van der Waals surface area contributed by atoms with Gasteiger partial charge < -0.3 is 51.1 Å². The van der Waals surface area contributed by atoms with Crippen molar-refractivity contribution in [2.75, 3.05) is 7.11 Å². The molecule has 13 nitrogen and oxygen atoms in total. The van der Waals surface area contributed by atoms with Gasteiger partial charge in [0.05, 0.1) is 60.4 Å². The van der Waals surface area contributed by atoms with Crippen LogP contribution in [-0.2, 0) is 4.74 Å². The summed E-state index contributed by atoms with van der Waals surface area (Å²) in [6.07, 6.45) is 35.5. The molecule has 0 aromatic heterocycles. The first-order chi connectivity index (χ1) is 54.3. The van der Waals surface area contributed by atoms with Crippen molar-refractivity contribution in [3.05, 3.63) is 112 Å². The average molecular weight is 1610 g/mol. The number of ether oxygens (including phenoxy) is 1. The van der Waals surface area contributed by atoms with Gasteiger partial charge in [-0.2, -0.15) is 0 Å². The van der Waals surface area contributed by atoms with Crippen molar-refractivity contribution >= 4 is 24.0 Å². The first-order valence-electron chi connectivity index (χ1n) is 46.9. The van der Waals surface area contributed by atoms with Crippen molar-refractivity contribution in [2.24, 2.45) is 169 Å². The van der Waals surface area contributed by atoms with Gasteiger partial charge in [-0.05, 0) is 382 Å². The topological polar surface area (TPSA) is 252 Å². The summed E-state index contributed by atoms with van der Waals surface area (Å²) in [5, 5.41) is 86.8. The number of carbonyl (C=O) groups excluding carboxylic acids is 1. The first kappa shape index (κ1) is 92.3. The SMILES string of the molecule is C.CC[C@H]1[C@@H](O)[C@@H]2[C@H](CC[C@]3(C)[C@@H]([C@H](C)C/C=C/c4ccccc4C(=O)OC)CC[C@@H]23)[C@@]2(C)CC[C@@H](O)C[C@@H]12.CC[C@H]1[C@@H](O)[C@@H]2[C@H](CC[C@]3(C)[C@@H]([C@H](C)CC4CC4c4ccccc4C(=O)O)CC[C@@H]23)[C@@]2(C)CC[C@@H](O)C[C@@H]12.CC[C@H]1[C@@H](O)[C@@H]2[C@H](CC[C@]3(C)[C@@H]([C@H](C)CC4CC4c4ccccc4C(=O)O)CC[C@@H]23)[C@@]2(C)CC[C@@H](O)C[C@@H]12.[Li+].[OH-]. The van der Waals surface area contributed by atoms with E-state index in [0.29, 0.717) is 175 Å². The number of allylic oxidation sites excluding steroid dienone is 1. The fourth-order valence-electron chi connectivity index (χ4n) is 33.4. The fourth-order valence-corrected chi connectivity index (χ4v) is 33.4. The number of methoxy groups -OCH3 is 1. The van der Waals surface area contributed by atoms with Crippen molar-refractivity contribution in [3.8, 4) is 0 Å². The number of aliphatic hydroxyl groups excluding tert-OH is 6. The van der Waals surface area contributed by atoms with Gasteiger partial charge in [-0.1, -0.05) is 177 Å². The Labute approximate surface area is 717 Å². The molecule has 14 aliphatic carbocycles. The van der Waals surface area contributed by atoms with Crippen LogP contribution in [0.4, 0.5) is 0 Å². The van der Waals surface area contributed by atoms with Crippen LogP contribution in [0.3, 0.4) is 0 Å². The molecule has 0 saturated heterocycles. The maximum atomic E-state index is 12.2. The minimum absolute atomic E-state index is 0. The second-order valence-corrected chi connectivity index (χ2v) is 43.5. The van der Waals surface area contributed by atoms with Crippen molar-refractivity contribution in [1.29, 1.82) is 0 Å². The van der Waals surface area contributed by atoms with Gasteiger partial charge in [-0.15, -0.1) is 0 Å². The maximum absolute atomic E-state index is 12.2. The van der Waals surface area contributed by atoms with Crippen LogP contribution in [0.5, 0.6) is 0 Å². The molecule has 4 unspecified atom stereocenters. The molecule has 14 fully saturated rings. The Hall–Kier alpha value is -3.87. The molecule has 646 valence electrons. The molecule has 14 aliphatic rings. The summed E-state index contributed by atoms with van der Waals surface area (Å²) in [4.78, 5) is 35.7. The van der Waals surface area contributed by atoms with Gasteiger partial charge >= 0.3 is 36.8 Å². The fraction of sp³-hybridized carbons (Fsp3) is 0.777. The van der Waals surface area contributed by atoms with E-state index in [9.17, 15) is 55.2 Å². The van der Waals surface area contributed by atoms with E-state index in [1.807, 2.05) is 60.7 Å². The molecule has 3 aromatic rings. The number of carboxylic acids is 2. The molecule has 0 radical (unpaired) electrons. The Morgan fingerprint density at radius 1 is 0.419 bits per heavy atom. The van der Waals surface area contributed by atoms with E-state index in [-0.39, 0.29) is 96.0 Å². The van der Waals surface area contributed by atoms with Crippen LogP contribution in [0.2, 0.25) is 0 Å². The molecule has 0 amide bonds. The van der Waals surface area contributed by atoms with Crippen molar-refractivity contribution in [1.82, 2.24) is 0 Å². The van der Waals surface area contributed by atoms with Gasteiger partial charge in [0, 0.05) is 0 Å². The Morgan fingerprint density at radius 2 is 0.726 bits per heavy atom. The average Bonchev–Trinajstić information content (AvgIpc) is 1.62. The van der Waals surface area contributed by atoms with E-state index in [0.717, 1.165) is 113 Å². The number of benzene rings is 3. The van der Waals surface area contributed by atoms with Crippen LogP contribution < -0.4 is 18.9 Å². The van der Waals surface area contributed by atoms with Crippen LogP contribution in [0.25, 0.3) is 6.08 Å². The Bertz CT molecular complexity index is 3770. The summed E-state index contributed by atoms with van der Waals surface area (Å²) in [6.45, 7) is 29.4. The zero-order valence-electron chi connectivity index (χ0n) is 73.6. The normalized spacial score (nSPS) is 45.5. The van der Waals surface area contributed by atoms with Gasteiger partial charge in [-0.25, -0.2) is 14.4 Å². The molecule has 0 spiro atoms. The number of hydrogen-bond acceptors (Lipinski definition) is 11. The van der Waals surface area contributed by atoms with Crippen LogP contribution in [0.1, 0.15) is 336 Å². The minimum atomic E-state index is -0.804. The molecule has 14 heteroatoms. The number of fused-ring (bicyclic) bond motifs is 15. The number of esters is 1. The van der Waals surface area contributed by atoms with Gasteiger partial charge in [0.25, 0.3) is 0 Å². The molecular formula is C103H155LiO13. The third kappa shape index (κ3) is 16.2. The van der Waals surface area contributed by atoms with Crippen molar-refractivity contribution < 1.29 is 84.3 Å². The summed E-state index contributed by atoms with van der Waals surface area (Å²) >= 11 is 0. The second-order valence-electron chi connectivity index (χ2n) is 43.5. The predicted octanol–water partition coefficient (Wildman–Crippen LogP) is 18.9. The molecule has 0 aliphatic heterocycles. The summed E-state index contributed by atoms with van der Waals surface area (Å²) in [6, 6.07) is 22.9. The van der Waals surface area contributed by atoms with Crippen LogP contribution in [0, 0.1) is 169 Å². The van der Waals surface area contributed by atoms with Gasteiger partial charge in [0.1, 0.15) is 0 Å². The Balaban J connectivity index is 0.000000160. The third-order valence-electron chi connectivity index (χ3n) is 39.0. The van der Waals surface area contributed by atoms with Crippen LogP contribution in [0.15, 0.2) is 78.9 Å². The standard InChI is InChI=1S/3C34H50O4.CH4.Li.H2O/c2*1-5-22-29-18-21(35)12-14-34(29,4)28-13-15-33(3)26(10-11-27(33)30(28)31(22)36)19(2)16-20-17-25(20)23-8-6-7-9-24(23)32(37)38;1-6-24-29-20-23(35)16-18-34(29,4)28-17-19-33(3)26(14-15-27(33)30(28)31(24)36)21(2)10-9-12-22-11-7-8-13-25(22)32(37)38-5;;;/h2*6-9,19-22,25-31,35-36H,5,10-18H2,1-4H3,(H,37,38);7-9,11-13,21,23-24,26-31,35-36H,6,10,14-20H2,1-5H3;1H4;;1H2/q;;;;+1;/p-1/b;;12-9+;;;/t2*19-,20?,21-,22-,25?,26-,27+,28+,29+,30+,31-,33-,34-;21-,23-,24-,26-,27+,28+,29+,30+,31-,33-,34-;;;/m111.../s1. The quantitative estimate of drug-likeness (QED) is 0.0436. The van der Waals surface area contributed by atoms with E-state index in [4.69, 9.17) is 4.74 Å². The molecule has 117 heavy (non-hydrogen) atoms. The summed E-state index contributed by atoms with van der Waals surface area (Å²) in [5.74, 6) is 11.0. The number of aromatic carboxylic acids is 2. The van der Waals surface area contributed by atoms with Crippen molar-refractivity contribution in [3.63, 3.8) is 0 Å². The summed E-state index contributed by atoms with van der Waals surface area (Å²) in [5.41, 5.74) is 6.19. The second kappa shape index (κ2) is 36.0. The third-order valence-corrected chi connectivity index (χ3v) is 39.0. The summed E-state index contributed by atoms with van der Waals surface area (Å²) in [7, 11) is 1.43. The number of carboxylic acid groups (broad SMARTS) is 2. The molecule has 0 bridgehead atoms. The zero-order valence-corrected chi connectivity index (χ0v) is 73.6. The number of aliphatic hydroxyl groups is 6. The van der Waals surface area contributed by atoms with E-state index in [1.165, 1.54) is 97.0 Å². The molecule has 17 rings (SSSR count). The van der Waals surface area contributed by atoms with Gasteiger partial charge in [0.15, 0.2) is 0 Å². The van der Waals surface area contributed by atoms with E-state index in [1.54, 1.807) is 12.1 Å². The molecular weight excluding hydrogens is 1450 g/mol. The van der Waals surface area contributed by atoms with Crippen LogP contribution >= 0.6 is 0 Å². The smallest absolute Gasteiger partial charge is 0.870 e. The van der Waals surface area contributed by atoms with Gasteiger partial charge in [0.2, 0.25) is 0 Å². The molecule has 3 aromatic carbocycles. The monoisotopic (exact) mass is 1610 g/mol. The predicted molar refractivity (Wildman–Crippen MR) is 461 cm³/mol. The minimum Gasteiger partial charge on any atom is -0.870 e. The molecule has 9 N–H and O–H groups in total. The van der Waals surface area contributed by atoms with Gasteiger partial charge in [-0.3, -0.25) is 0 Å². The molecule has 0 heterocycles. The Kier molecular flexibility index (Phi) is 28.4. The first-order valence-corrected chi connectivity index (χ1v) is 46.9. The summed E-state index contributed by atoms with van der Waals surface area (Å²) < 4.78 is 4.97. The number of hydrogen-bond donors (Lipinski definition) is 8. The van der Waals surface area contributed by atoms with E-state index >= 15 is 0 Å². The van der Waals surface area contributed by atoms with Crippen molar-refractivity contribution in [2.45, 2.75) is 325 Å². The zero-order chi connectivity index (χ0) is 81.2. The largest absolute Gasteiger partial charge is 1.00 e. The van der Waals surface area contributed by atoms with E-state index in [2.05, 4.69) is 95.2 Å². The Morgan fingerprint density at radius 3 is 1.06 bits per heavy atom. The molecule has 14 saturated carbocycles. The number of carbonyl (C=O) groups is 3. The molecule has 37 atom stereocenters. The number of rotatable bonds is 18.